The van der Waals surface area contributed by atoms with Gasteiger partial charge in [-0.15, -0.1) is 0 Å². The average Bonchev–Trinajstić information content (AvgIpc) is 3.85. The Morgan fingerprint density at radius 3 is 1.69 bits per heavy atom. The van der Waals surface area contributed by atoms with E-state index < -0.39 is 0 Å². The second-order valence-corrected chi connectivity index (χ2v) is 16.0. The number of hydrogen-bond donors (Lipinski definition) is 0. The van der Waals surface area contributed by atoms with Crippen LogP contribution in [0.1, 0.15) is 0 Å². The normalized spacial score (nSPS) is 11.9. The van der Waals surface area contributed by atoms with Crippen molar-refractivity contribution in [2.24, 2.45) is 0 Å². The van der Waals surface area contributed by atoms with Crippen LogP contribution in [0.25, 0.3) is 121 Å². The van der Waals surface area contributed by atoms with Gasteiger partial charge in [0.2, 0.25) is 0 Å². The molecule has 0 radical (unpaired) electrons. The molecule has 3 heterocycles. The minimum atomic E-state index is 0.624. The lowest BCUT2D eigenvalue weighted by Gasteiger charge is -2.15. The summed E-state index contributed by atoms with van der Waals surface area (Å²) >= 11 is 0. The molecule has 0 bridgehead atoms. The van der Waals surface area contributed by atoms with Gasteiger partial charge in [0.15, 0.2) is 17.5 Å². The molecular weight excluding hydrogens is 755 g/mol. The Labute approximate surface area is 356 Å². The molecule has 13 aromatic rings. The zero-order valence-electron chi connectivity index (χ0n) is 33.4. The molecule has 0 saturated carbocycles. The highest BCUT2D eigenvalue weighted by molar-refractivity contribution is 6.23. The van der Waals surface area contributed by atoms with Crippen LogP contribution in [-0.2, 0) is 0 Å². The van der Waals surface area contributed by atoms with E-state index in [1.54, 1.807) is 0 Å². The summed E-state index contributed by atoms with van der Waals surface area (Å²) < 4.78 is 4.87. The summed E-state index contributed by atoms with van der Waals surface area (Å²) in [5.41, 5.74) is 9.62. The predicted octanol–water partition coefficient (Wildman–Crippen LogP) is 14.5. The minimum Gasteiger partial charge on any atom is -0.309 e. The average molecular weight is 790 g/mol. The van der Waals surface area contributed by atoms with Crippen LogP contribution in [0.3, 0.4) is 0 Å². The first-order valence-corrected chi connectivity index (χ1v) is 21.0. The summed E-state index contributed by atoms with van der Waals surface area (Å²) in [5, 5.41) is 11.8. The maximum Gasteiger partial charge on any atom is 0.164 e. The number of para-hydroxylation sites is 2. The van der Waals surface area contributed by atoms with E-state index in [1.807, 2.05) is 18.2 Å². The van der Waals surface area contributed by atoms with Crippen LogP contribution in [0.5, 0.6) is 0 Å². The number of hydrogen-bond acceptors (Lipinski definition) is 3. The van der Waals surface area contributed by atoms with E-state index in [-0.39, 0.29) is 0 Å². The molecule has 62 heavy (non-hydrogen) atoms. The molecule has 0 aliphatic carbocycles. The van der Waals surface area contributed by atoms with Crippen molar-refractivity contribution >= 4 is 75.9 Å². The van der Waals surface area contributed by atoms with Gasteiger partial charge < -0.3 is 9.13 Å². The highest BCUT2D eigenvalue weighted by Gasteiger charge is 2.22. The van der Waals surface area contributed by atoms with Crippen LogP contribution in [0.15, 0.2) is 212 Å². The van der Waals surface area contributed by atoms with Gasteiger partial charge in [0, 0.05) is 55.0 Å². The summed E-state index contributed by atoms with van der Waals surface area (Å²) in [7, 11) is 0. The van der Waals surface area contributed by atoms with Crippen molar-refractivity contribution in [3.8, 4) is 45.5 Å². The van der Waals surface area contributed by atoms with Gasteiger partial charge in [0.1, 0.15) is 0 Å². The molecule has 0 N–H and O–H groups in total. The van der Waals surface area contributed by atoms with Gasteiger partial charge in [-0.1, -0.05) is 164 Å². The maximum absolute atomic E-state index is 5.30. The van der Waals surface area contributed by atoms with Gasteiger partial charge in [-0.3, -0.25) is 0 Å². The minimum absolute atomic E-state index is 0.624. The zero-order chi connectivity index (χ0) is 40.7. The van der Waals surface area contributed by atoms with Crippen LogP contribution < -0.4 is 0 Å². The number of benzene rings is 10. The smallest absolute Gasteiger partial charge is 0.164 e. The maximum atomic E-state index is 5.30. The molecule has 0 aliphatic rings. The summed E-state index contributed by atoms with van der Waals surface area (Å²) in [4.78, 5) is 15.7. The third-order valence-corrected chi connectivity index (χ3v) is 12.5. The van der Waals surface area contributed by atoms with Crippen LogP contribution in [0.4, 0.5) is 0 Å². The van der Waals surface area contributed by atoms with E-state index in [0.717, 1.165) is 60.8 Å². The molecule has 5 heteroatoms. The summed E-state index contributed by atoms with van der Waals surface area (Å²) in [6, 6.07) is 75.8. The van der Waals surface area contributed by atoms with Crippen LogP contribution in [0.2, 0.25) is 0 Å². The van der Waals surface area contributed by atoms with Crippen LogP contribution in [0, 0.1) is 0 Å². The van der Waals surface area contributed by atoms with E-state index in [4.69, 9.17) is 15.0 Å². The first-order chi connectivity index (χ1) is 30.7. The summed E-state index contributed by atoms with van der Waals surface area (Å²) in [6.45, 7) is 0. The van der Waals surface area contributed by atoms with Crippen molar-refractivity contribution in [3.63, 3.8) is 0 Å². The van der Waals surface area contributed by atoms with Gasteiger partial charge in [-0.25, -0.2) is 15.0 Å². The van der Waals surface area contributed by atoms with Gasteiger partial charge >= 0.3 is 0 Å². The largest absolute Gasteiger partial charge is 0.309 e. The molecule has 0 amide bonds. The first-order valence-electron chi connectivity index (χ1n) is 21.0. The predicted molar refractivity (Wildman–Crippen MR) is 257 cm³/mol. The third-order valence-electron chi connectivity index (χ3n) is 12.5. The molecule has 10 aromatic carbocycles. The Morgan fingerprint density at radius 2 is 0.871 bits per heavy atom. The number of nitrogens with zero attached hydrogens (tertiary/aromatic N) is 5. The molecule has 0 unspecified atom stereocenters. The monoisotopic (exact) mass is 789 g/mol. The lowest BCUT2D eigenvalue weighted by atomic mass is 10.0. The second kappa shape index (κ2) is 13.6. The van der Waals surface area contributed by atoms with Gasteiger partial charge in [0.05, 0.1) is 22.1 Å². The molecule has 288 valence electrons. The fourth-order valence-corrected chi connectivity index (χ4v) is 9.64. The molecule has 0 aliphatic heterocycles. The van der Waals surface area contributed by atoms with E-state index in [9.17, 15) is 0 Å². The fourth-order valence-electron chi connectivity index (χ4n) is 9.64. The molecule has 0 fully saturated rings. The van der Waals surface area contributed by atoms with E-state index in [1.165, 1.54) is 43.2 Å². The van der Waals surface area contributed by atoms with Crippen molar-refractivity contribution in [1.82, 2.24) is 24.1 Å². The molecule has 5 nitrogen and oxygen atoms in total. The molecule has 0 atom stereocenters. The summed E-state index contributed by atoms with van der Waals surface area (Å²) in [6.07, 6.45) is 0. The van der Waals surface area contributed by atoms with Crippen molar-refractivity contribution in [1.29, 1.82) is 0 Å². The Bertz CT molecular complexity index is 3920. The SMILES string of the molecule is c1ccc(-c2nc(-c3ccc4ccccc4c3)nc(-c3cc(-n4c5ccccc5c5cc6c7ccc8ccccc8c7n(-c7ccccc7)c6cc54)cc4ccccc34)n2)cc1. The van der Waals surface area contributed by atoms with Gasteiger partial charge in [-0.2, -0.15) is 0 Å². The van der Waals surface area contributed by atoms with Crippen LogP contribution in [-0.4, -0.2) is 24.1 Å². The topological polar surface area (TPSA) is 48.5 Å². The molecule has 3 aromatic heterocycles. The van der Waals surface area contributed by atoms with E-state index in [2.05, 4.69) is 203 Å². The lowest BCUT2D eigenvalue weighted by Crippen LogP contribution is -2.02. The van der Waals surface area contributed by atoms with Gasteiger partial charge in [0.25, 0.3) is 0 Å². The molecule has 13 rings (SSSR count). The Hall–Kier alpha value is -8.41. The third kappa shape index (κ3) is 5.32. The van der Waals surface area contributed by atoms with Gasteiger partial charge in [-0.05, 0) is 75.5 Å². The Kier molecular flexibility index (Phi) is 7.54. The standard InChI is InChI=1S/C57H35N5/c1-3-17-38(18-4-1)55-58-56(41-28-27-36-15-7-8-19-39(36)31-41)60-57(59-55)50-33-43(32-40-20-10-11-23-44(40)50)61-51-26-14-13-25-46(51)48-34-49-47-30-29-37-16-9-12-24-45(37)54(47)62(53(49)35-52(48)61)42-21-5-2-6-22-42/h1-35H. The summed E-state index contributed by atoms with van der Waals surface area (Å²) in [5.74, 6) is 1.89. The number of aromatic nitrogens is 5. The number of fused-ring (bicyclic) bond motifs is 10. The lowest BCUT2D eigenvalue weighted by molar-refractivity contribution is 1.07. The quantitative estimate of drug-likeness (QED) is 0.174. The fraction of sp³-hybridized carbons (Fsp3) is 0. The van der Waals surface area contributed by atoms with Crippen LogP contribution >= 0.6 is 0 Å². The first kappa shape index (κ1) is 34.5. The van der Waals surface area contributed by atoms with E-state index in [0.29, 0.717) is 17.5 Å². The van der Waals surface area contributed by atoms with Crippen molar-refractivity contribution in [3.05, 3.63) is 212 Å². The molecule has 0 saturated heterocycles. The molecule has 0 spiro atoms. The Morgan fingerprint density at radius 1 is 0.274 bits per heavy atom. The highest BCUT2D eigenvalue weighted by Crippen LogP contribution is 2.43. The zero-order valence-corrected chi connectivity index (χ0v) is 33.4. The van der Waals surface area contributed by atoms with Crippen molar-refractivity contribution in [2.45, 2.75) is 0 Å². The van der Waals surface area contributed by atoms with Crippen molar-refractivity contribution < 1.29 is 0 Å². The Balaban J connectivity index is 1.11. The second-order valence-electron chi connectivity index (χ2n) is 16.0. The highest BCUT2D eigenvalue weighted by atomic mass is 15.0. The van der Waals surface area contributed by atoms with E-state index >= 15 is 0 Å². The van der Waals surface area contributed by atoms with Crippen molar-refractivity contribution in [2.75, 3.05) is 0 Å². The number of rotatable bonds is 5. The molecular formula is C57H35N5.